The number of ketones is 1. The Balaban J connectivity index is 2.11. The molecule has 4 atom stereocenters. The van der Waals surface area contributed by atoms with Gasteiger partial charge in [0.15, 0.2) is 0 Å². The smallest absolute Gasteiger partial charge is 0.381 e. The summed E-state index contributed by atoms with van der Waals surface area (Å²) in [6.07, 6.45) is 5.67. The number of fused-ring (bicyclic) bond motifs is 1. The van der Waals surface area contributed by atoms with E-state index in [1.165, 1.54) is 6.08 Å². The summed E-state index contributed by atoms with van der Waals surface area (Å²) in [5.41, 5.74) is -7.52. The van der Waals surface area contributed by atoms with Crippen molar-refractivity contribution in [2.24, 2.45) is 28.6 Å². The van der Waals surface area contributed by atoms with Crippen LogP contribution in [0.3, 0.4) is 0 Å². The van der Waals surface area contributed by atoms with Crippen LogP contribution in [0, 0.1) is 28.6 Å². The van der Waals surface area contributed by atoms with Crippen LogP contribution in [-0.2, 0) is 19.1 Å². The predicted octanol–water partition coefficient (Wildman–Crippen LogP) is 3.17. The van der Waals surface area contributed by atoms with Gasteiger partial charge in [-0.05, 0) is 31.3 Å². The SMILES string of the molecule is CC1(C)C(=O)[C@]2(C)C=C(OS(=O)(=O)C(F)(F)F)[C@@H]1[C@@H]1CC=C[C@@H]12. The van der Waals surface area contributed by atoms with Gasteiger partial charge < -0.3 is 4.18 Å². The summed E-state index contributed by atoms with van der Waals surface area (Å²) in [5, 5.41) is 0. The van der Waals surface area contributed by atoms with Gasteiger partial charge in [-0.3, -0.25) is 4.79 Å². The summed E-state index contributed by atoms with van der Waals surface area (Å²) >= 11 is 0. The van der Waals surface area contributed by atoms with E-state index < -0.39 is 32.4 Å². The zero-order valence-corrected chi connectivity index (χ0v) is 13.7. The standard InChI is InChI=1S/C15H17F3O4S/c1-13(2)11-8-5-4-6-9(8)14(3,12(13)19)7-10(11)22-23(20,21)15(16,17)18/h4,6-9,11H,5H2,1-3H3/t8-,9+,11+,14-/m1/s1. The third-order valence-electron chi connectivity index (χ3n) is 5.42. The molecule has 0 N–H and O–H groups in total. The van der Waals surface area contributed by atoms with E-state index in [0.717, 1.165) is 0 Å². The Hall–Kier alpha value is -1.31. The molecule has 0 radical (unpaired) electrons. The van der Waals surface area contributed by atoms with E-state index >= 15 is 0 Å². The monoisotopic (exact) mass is 350 g/mol. The maximum Gasteiger partial charge on any atom is 0.534 e. The van der Waals surface area contributed by atoms with Crippen molar-refractivity contribution in [2.75, 3.05) is 0 Å². The van der Waals surface area contributed by atoms with Gasteiger partial charge in [0.2, 0.25) is 0 Å². The first kappa shape index (κ1) is 16.5. The van der Waals surface area contributed by atoms with Crippen molar-refractivity contribution < 1.29 is 30.6 Å². The van der Waals surface area contributed by atoms with Crippen molar-refractivity contribution in [3.05, 3.63) is 24.0 Å². The highest BCUT2D eigenvalue weighted by Crippen LogP contribution is 2.63. The fraction of sp³-hybridized carbons (Fsp3) is 0.667. The number of carbonyl (C=O) groups is 1. The summed E-state index contributed by atoms with van der Waals surface area (Å²) in [6.45, 7) is 4.93. The number of hydrogen-bond acceptors (Lipinski definition) is 4. The Morgan fingerprint density at radius 3 is 2.43 bits per heavy atom. The minimum atomic E-state index is -5.74. The van der Waals surface area contributed by atoms with E-state index in [-0.39, 0.29) is 23.4 Å². The summed E-state index contributed by atoms with van der Waals surface area (Å²) in [5.74, 6) is -1.29. The molecule has 4 aliphatic rings. The number of Topliss-reactive ketones (excluding diaryl/α,β-unsaturated/α-hetero) is 1. The Morgan fingerprint density at radius 1 is 1.26 bits per heavy atom. The van der Waals surface area contributed by atoms with Crippen LogP contribution in [0.25, 0.3) is 0 Å². The van der Waals surface area contributed by atoms with Crippen molar-refractivity contribution in [3.8, 4) is 0 Å². The molecule has 0 heterocycles. The van der Waals surface area contributed by atoms with Crippen LogP contribution in [0.4, 0.5) is 13.2 Å². The van der Waals surface area contributed by atoms with E-state index in [9.17, 15) is 26.4 Å². The van der Waals surface area contributed by atoms with Crippen molar-refractivity contribution in [2.45, 2.75) is 32.7 Å². The van der Waals surface area contributed by atoms with Crippen LogP contribution in [-0.4, -0.2) is 19.7 Å². The molecule has 0 aromatic heterocycles. The zero-order chi connectivity index (χ0) is 17.4. The minimum Gasteiger partial charge on any atom is -0.381 e. The molecule has 0 amide bonds. The number of carbonyl (C=O) groups excluding carboxylic acids is 1. The molecule has 0 aromatic rings. The second kappa shape index (κ2) is 4.40. The molecule has 0 aromatic carbocycles. The Kier molecular flexibility index (Phi) is 3.17. The van der Waals surface area contributed by atoms with Crippen molar-refractivity contribution in [1.29, 1.82) is 0 Å². The number of allylic oxidation sites excluding steroid dienone is 4. The van der Waals surface area contributed by atoms with Crippen LogP contribution >= 0.6 is 0 Å². The molecule has 4 rings (SSSR count). The Morgan fingerprint density at radius 2 is 1.87 bits per heavy atom. The molecular formula is C15H17F3O4S. The first-order chi connectivity index (χ1) is 10.3. The maximum absolute atomic E-state index is 12.8. The number of hydrogen-bond donors (Lipinski definition) is 0. The van der Waals surface area contributed by atoms with Crippen LogP contribution < -0.4 is 0 Å². The molecular weight excluding hydrogens is 333 g/mol. The third-order valence-corrected chi connectivity index (χ3v) is 6.40. The lowest BCUT2D eigenvalue weighted by Gasteiger charge is -2.56. The van der Waals surface area contributed by atoms with E-state index in [2.05, 4.69) is 4.18 Å². The van der Waals surface area contributed by atoms with E-state index in [1.807, 2.05) is 12.2 Å². The first-order valence-corrected chi connectivity index (χ1v) is 8.68. The fourth-order valence-corrected chi connectivity index (χ4v) is 5.04. The molecule has 1 saturated carbocycles. The Labute approximate surface area is 132 Å². The maximum atomic E-state index is 12.8. The average Bonchev–Trinajstić information content (AvgIpc) is 2.84. The topological polar surface area (TPSA) is 60.4 Å². The molecule has 128 valence electrons. The number of halogens is 3. The van der Waals surface area contributed by atoms with Gasteiger partial charge in [0.05, 0.1) is 5.41 Å². The summed E-state index contributed by atoms with van der Waals surface area (Å²) < 4.78 is 65.2. The van der Waals surface area contributed by atoms with Crippen molar-refractivity contribution >= 4 is 15.9 Å². The lowest BCUT2D eigenvalue weighted by Crippen LogP contribution is -2.59. The van der Waals surface area contributed by atoms with Crippen molar-refractivity contribution in [3.63, 3.8) is 0 Å². The highest BCUT2D eigenvalue weighted by molar-refractivity contribution is 7.87. The summed E-state index contributed by atoms with van der Waals surface area (Å²) in [7, 11) is -5.74. The second-order valence-corrected chi connectivity index (χ2v) is 8.73. The molecule has 2 bridgehead atoms. The number of alkyl halides is 3. The lowest BCUT2D eigenvalue weighted by molar-refractivity contribution is -0.152. The van der Waals surface area contributed by atoms with E-state index in [1.54, 1.807) is 20.8 Å². The Bertz CT molecular complexity index is 732. The molecule has 0 spiro atoms. The molecule has 8 heteroatoms. The van der Waals surface area contributed by atoms with Crippen LogP contribution in [0.15, 0.2) is 24.0 Å². The highest BCUT2D eigenvalue weighted by Gasteiger charge is 2.65. The fourth-order valence-electron chi connectivity index (χ4n) is 4.55. The number of rotatable bonds is 2. The van der Waals surface area contributed by atoms with Crippen LogP contribution in [0.1, 0.15) is 27.2 Å². The quantitative estimate of drug-likeness (QED) is 0.436. The predicted molar refractivity (Wildman–Crippen MR) is 75.3 cm³/mol. The van der Waals surface area contributed by atoms with Gasteiger partial charge in [-0.15, -0.1) is 0 Å². The molecule has 4 nitrogen and oxygen atoms in total. The molecule has 0 saturated heterocycles. The van der Waals surface area contributed by atoms with Crippen molar-refractivity contribution in [1.82, 2.24) is 0 Å². The lowest BCUT2D eigenvalue weighted by atomic mass is 9.46. The molecule has 0 unspecified atom stereocenters. The van der Waals surface area contributed by atoms with E-state index in [0.29, 0.717) is 6.42 Å². The molecule has 0 aliphatic heterocycles. The highest BCUT2D eigenvalue weighted by atomic mass is 32.2. The van der Waals surface area contributed by atoms with Gasteiger partial charge in [0.25, 0.3) is 0 Å². The summed E-state index contributed by atoms with van der Waals surface area (Å²) in [6, 6.07) is 0. The largest absolute Gasteiger partial charge is 0.534 e. The van der Waals surface area contributed by atoms with Crippen LogP contribution in [0.2, 0.25) is 0 Å². The van der Waals surface area contributed by atoms with E-state index in [4.69, 9.17) is 0 Å². The van der Waals surface area contributed by atoms with Gasteiger partial charge in [-0.2, -0.15) is 21.6 Å². The minimum absolute atomic E-state index is 0.0976. The first-order valence-electron chi connectivity index (χ1n) is 7.27. The third kappa shape index (κ3) is 2.03. The van der Waals surface area contributed by atoms with Gasteiger partial charge in [0, 0.05) is 11.3 Å². The molecule has 4 aliphatic carbocycles. The molecule has 1 fully saturated rings. The zero-order valence-electron chi connectivity index (χ0n) is 12.8. The van der Waals surface area contributed by atoms with Gasteiger partial charge in [0.1, 0.15) is 11.5 Å². The van der Waals surface area contributed by atoms with Gasteiger partial charge in [-0.25, -0.2) is 0 Å². The average molecular weight is 350 g/mol. The summed E-state index contributed by atoms with van der Waals surface area (Å²) in [4.78, 5) is 12.8. The molecule has 23 heavy (non-hydrogen) atoms. The van der Waals surface area contributed by atoms with Gasteiger partial charge in [-0.1, -0.05) is 26.0 Å². The van der Waals surface area contributed by atoms with Crippen LogP contribution in [0.5, 0.6) is 0 Å². The van der Waals surface area contributed by atoms with Gasteiger partial charge >= 0.3 is 15.6 Å². The second-order valence-electron chi connectivity index (χ2n) is 7.19. The normalized spacial score (nSPS) is 38.4.